The molecule has 0 amide bonds. The van der Waals surface area contributed by atoms with Crippen molar-refractivity contribution in [2.45, 2.75) is 24.6 Å². The SMILES string of the molecule is CCNS(=O)(=O)c1cc(CCl)oc1C. The molecule has 0 spiro atoms. The molecule has 0 unspecified atom stereocenters. The number of nitrogens with one attached hydrogen (secondary N) is 1. The Kier molecular flexibility index (Phi) is 3.58. The first-order chi connectivity index (χ1) is 6.51. The van der Waals surface area contributed by atoms with Crippen molar-refractivity contribution < 1.29 is 12.8 Å². The van der Waals surface area contributed by atoms with Gasteiger partial charge in [0.15, 0.2) is 0 Å². The maximum atomic E-state index is 11.6. The minimum atomic E-state index is -3.43. The summed E-state index contributed by atoms with van der Waals surface area (Å²) in [5.41, 5.74) is 0. The number of hydrogen-bond donors (Lipinski definition) is 1. The molecule has 80 valence electrons. The Morgan fingerprint density at radius 2 is 2.21 bits per heavy atom. The van der Waals surface area contributed by atoms with E-state index in [1.54, 1.807) is 13.8 Å². The highest BCUT2D eigenvalue weighted by molar-refractivity contribution is 7.89. The summed E-state index contributed by atoms with van der Waals surface area (Å²) in [7, 11) is -3.43. The van der Waals surface area contributed by atoms with Crippen molar-refractivity contribution in [2.75, 3.05) is 6.54 Å². The van der Waals surface area contributed by atoms with Gasteiger partial charge in [-0.05, 0) is 6.92 Å². The average Bonchev–Trinajstić information content (AvgIpc) is 2.47. The maximum Gasteiger partial charge on any atom is 0.244 e. The summed E-state index contributed by atoms with van der Waals surface area (Å²) in [5.74, 6) is 0.991. The molecule has 1 heterocycles. The standard InChI is InChI=1S/C8H12ClNO3S/c1-3-10-14(11,12)8-4-7(5-9)13-6(8)2/h4,10H,3,5H2,1-2H3. The van der Waals surface area contributed by atoms with Crippen LogP contribution in [0.25, 0.3) is 0 Å². The van der Waals surface area contributed by atoms with Crippen LogP contribution in [0.15, 0.2) is 15.4 Å². The third-order valence-corrected chi connectivity index (χ3v) is 3.60. The topological polar surface area (TPSA) is 59.3 Å². The van der Waals surface area contributed by atoms with Crippen LogP contribution in [0.4, 0.5) is 0 Å². The molecule has 0 atom stereocenters. The van der Waals surface area contributed by atoms with Crippen LogP contribution in [-0.4, -0.2) is 15.0 Å². The fourth-order valence-electron chi connectivity index (χ4n) is 1.12. The molecule has 4 nitrogen and oxygen atoms in total. The Morgan fingerprint density at radius 1 is 1.57 bits per heavy atom. The lowest BCUT2D eigenvalue weighted by molar-refractivity contribution is 0.492. The Hall–Kier alpha value is -0.520. The van der Waals surface area contributed by atoms with Gasteiger partial charge in [0.2, 0.25) is 10.0 Å². The van der Waals surface area contributed by atoms with Crippen molar-refractivity contribution in [1.82, 2.24) is 4.72 Å². The van der Waals surface area contributed by atoms with Crippen LogP contribution in [0.3, 0.4) is 0 Å². The van der Waals surface area contributed by atoms with Gasteiger partial charge in [0.05, 0.1) is 5.88 Å². The van der Waals surface area contributed by atoms with Crippen LogP contribution in [0.2, 0.25) is 0 Å². The lowest BCUT2D eigenvalue weighted by Gasteiger charge is -2.00. The van der Waals surface area contributed by atoms with E-state index >= 15 is 0 Å². The van der Waals surface area contributed by atoms with Gasteiger partial charge in [-0.3, -0.25) is 0 Å². The number of furan rings is 1. The van der Waals surface area contributed by atoms with Crippen molar-refractivity contribution in [1.29, 1.82) is 0 Å². The highest BCUT2D eigenvalue weighted by atomic mass is 35.5. The molecular weight excluding hydrogens is 226 g/mol. The second-order valence-corrected chi connectivity index (χ2v) is 4.77. The number of alkyl halides is 1. The summed E-state index contributed by atoms with van der Waals surface area (Å²) >= 11 is 5.53. The zero-order valence-corrected chi connectivity index (χ0v) is 9.57. The van der Waals surface area contributed by atoms with Gasteiger partial charge in [0.1, 0.15) is 16.4 Å². The third kappa shape index (κ3) is 2.29. The van der Waals surface area contributed by atoms with E-state index in [1.807, 2.05) is 0 Å². The fraction of sp³-hybridized carbons (Fsp3) is 0.500. The van der Waals surface area contributed by atoms with Gasteiger partial charge in [-0.15, -0.1) is 11.6 Å². The van der Waals surface area contributed by atoms with Crippen molar-refractivity contribution in [3.63, 3.8) is 0 Å². The van der Waals surface area contributed by atoms with Crippen LogP contribution in [0.1, 0.15) is 18.4 Å². The molecule has 0 saturated carbocycles. The van der Waals surface area contributed by atoms with Crippen molar-refractivity contribution in [3.8, 4) is 0 Å². The molecule has 0 saturated heterocycles. The number of halogens is 1. The normalized spacial score (nSPS) is 11.9. The predicted octanol–water partition coefficient (Wildman–Crippen LogP) is 1.63. The van der Waals surface area contributed by atoms with Crippen LogP contribution in [0, 0.1) is 6.92 Å². The molecule has 0 aliphatic heterocycles. The Balaban J connectivity index is 3.12. The van der Waals surface area contributed by atoms with E-state index in [4.69, 9.17) is 16.0 Å². The van der Waals surface area contributed by atoms with E-state index in [2.05, 4.69) is 4.72 Å². The predicted molar refractivity (Wildman–Crippen MR) is 53.9 cm³/mol. The Bertz CT molecular complexity index is 410. The van der Waals surface area contributed by atoms with E-state index in [9.17, 15) is 8.42 Å². The highest BCUT2D eigenvalue weighted by Gasteiger charge is 2.19. The van der Waals surface area contributed by atoms with Gasteiger partial charge >= 0.3 is 0 Å². The fourth-order valence-corrected chi connectivity index (χ4v) is 2.50. The first kappa shape index (κ1) is 11.6. The molecule has 1 aromatic rings. The van der Waals surface area contributed by atoms with E-state index in [0.717, 1.165) is 0 Å². The van der Waals surface area contributed by atoms with E-state index < -0.39 is 10.0 Å². The summed E-state index contributed by atoms with van der Waals surface area (Å²) in [6.07, 6.45) is 0. The number of sulfonamides is 1. The summed E-state index contributed by atoms with van der Waals surface area (Å²) in [6, 6.07) is 1.44. The minimum Gasteiger partial charge on any atom is -0.464 e. The van der Waals surface area contributed by atoms with E-state index in [-0.39, 0.29) is 10.8 Å². The van der Waals surface area contributed by atoms with Crippen molar-refractivity contribution in [3.05, 3.63) is 17.6 Å². The zero-order valence-electron chi connectivity index (χ0n) is 8.00. The molecule has 0 aromatic carbocycles. The number of hydrogen-bond acceptors (Lipinski definition) is 3. The first-order valence-electron chi connectivity index (χ1n) is 4.16. The smallest absolute Gasteiger partial charge is 0.244 e. The minimum absolute atomic E-state index is 0.162. The summed E-state index contributed by atoms with van der Waals surface area (Å²) in [4.78, 5) is 0.162. The molecule has 0 fully saturated rings. The van der Waals surface area contributed by atoms with Crippen molar-refractivity contribution >= 4 is 21.6 Å². The molecule has 0 bridgehead atoms. The highest BCUT2D eigenvalue weighted by Crippen LogP contribution is 2.20. The van der Waals surface area contributed by atoms with Gasteiger partial charge < -0.3 is 4.42 Å². The first-order valence-corrected chi connectivity index (χ1v) is 6.18. The van der Waals surface area contributed by atoms with Gasteiger partial charge in [0, 0.05) is 12.6 Å². The molecule has 0 aliphatic rings. The van der Waals surface area contributed by atoms with Gasteiger partial charge in [0.25, 0.3) is 0 Å². The lowest BCUT2D eigenvalue weighted by Crippen LogP contribution is -2.23. The molecule has 1 rings (SSSR count). The van der Waals surface area contributed by atoms with Crippen LogP contribution >= 0.6 is 11.6 Å². The number of rotatable bonds is 4. The molecule has 1 N–H and O–H groups in total. The third-order valence-electron chi connectivity index (χ3n) is 1.68. The molecule has 0 radical (unpaired) electrons. The summed E-state index contributed by atoms with van der Waals surface area (Å²) in [5, 5.41) is 0. The second-order valence-electron chi connectivity index (χ2n) is 2.77. The lowest BCUT2D eigenvalue weighted by atomic mass is 10.4. The number of aryl methyl sites for hydroxylation is 1. The Labute approximate surface area is 88.3 Å². The summed E-state index contributed by atoms with van der Waals surface area (Å²) in [6.45, 7) is 3.67. The molecular formula is C8H12ClNO3S. The van der Waals surface area contributed by atoms with Crippen LogP contribution in [0.5, 0.6) is 0 Å². The second kappa shape index (κ2) is 4.33. The van der Waals surface area contributed by atoms with E-state index in [0.29, 0.717) is 18.1 Å². The van der Waals surface area contributed by atoms with Crippen LogP contribution < -0.4 is 4.72 Å². The quantitative estimate of drug-likeness (QED) is 0.810. The average molecular weight is 238 g/mol. The Morgan fingerprint density at radius 3 is 2.64 bits per heavy atom. The molecule has 14 heavy (non-hydrogen) atoms. The van der Waals surface area contributed by atoms with Gasteiger partial charge in [-0.25, -0.2) is 13.1 Å². The van der Waals surface area contributed by atoms with Gasteiger partial charge in [-0.1, -0.05) is 6.92 Å². The summed E-state index contributed by atoms with van der Waals surface area (Å²) < 4.78 is 30.7. The van der Waals surface area contributed by atoms with Crippen molar-refractivity contribution in [2.24, 2.45) is 0 Å². The molecule has 1 aromatic heterocycles. The monoisotopic (exact) mass is 237 g/mol. The molecule has 0 aliphatic carbocycles. The molecule has 6 heteroatoms. The zero-order chi connectivity index (χ0) is 10.8. The van der Waals surface area contributed by atoms with Gasteiger partial charge in [-0.2, -0.15) is 0 Å². The maximum absolute atomic E-state index is 11.6. The van der Waals surface area contributed by atoms with Crippen LogP contribution in [-0.2, 0) is 15.9 Å². The largest absolute Gasteiger partial charge is 0.464 e. The van der Waals surface area contributed by atoms with E-state index in [1.165, 1.54) is 6.07 Å².